The van der Waals surface area contributed by atoms with Crippen molar-refractivity contribution in [1.82, 2.24) is 5.32 Å². The third-order valence-electron chi connectivity index (χ3n) is 2.30. The Labute approximate surface area is 121 Å². The van der Waals surface area contributed by atoms with E-state index in [0.29, 0.717) is 25.1 Å². The molecule has 1 saturated heterocycles. The molecule has 0 aromatic rings. The molecule has 0 spiro atoms. The number of carbonyl (C=O) groups is 2. The highest BCUT2D eigenvalue weighted by Gasteiger charge is 2.20. The number of nitrogens with zero attached hydrogens (tertiary/aromatic N) is 1. The second kappa shape index (κ2) is 10.3. The lowest BCUT2D eigenvalue weighted by molar-refractivity contribution is -0.139. The predicted molar refractivity (Wildman–Crippen MR) is 77.4 cm³/mol. The van der Waals surface area contributed by atoms with Gasteiger partial charge in [-0.1, -0.05) is 0 Å². The second-order valence-electron chi connectivity index (χ2n) is 4.00. The van der Waals surface area contributed by atoms with E-state index in [0.717, 1.165) is 5.88 Å². The molecule has 1 fully saturated rings. The molecule has 20 heavy (non-hydrogen) atoms. The van der Waals surface area contributed by atoms with Crippen LogP contribution in [0.3, 0.4) is 0 Å². The van der Waals surface area contributed by atoms with Gasteiger partial charge in [-0.2, -0.15) is 0 Å². The molecule has 2 unspecified atom stereocenters. The molecule has 1 aliphatic rings. The monoisotopic (exact) mass is 307 g/mol. The van der Waals surface area contributed by atoms with E-state index in [1.807, 2.05) is 0 Å². The number of nitrogens with two attached hydrogens (primary N) is 3. The van der Waals surface area contributed by atoms with Crippen molar-refractivity contribution < 1.29 is 19.8 Å². The molecule has 2 atom stereocenters. The van der Waals surface area contributed by atoms with Gasteiger partial charge in [0.1, 0.15) is 12.1 Å². The van der Waals surface area contributed by atoms with Crippen LogP contribution in [0.25, 0.3) is 0 Å². The molecule has 0 aromatic carbocycles. The quantitative estimate of drug-likeness (QED) is 0.187. The van der Waals surface area contributed by atoms with Crippen LogP contribution in [0.5, 0.6) is 0 Å². The molecule has 0 saturated carbocycles. The summed E-state index contributed by atoms with van der Waals surface area (Å²) in [5.74, 6) is -0.250. The second-order valence-corrected chi connectivity index (χ2v) is 5.03. The Morgan fingerprint density at radius 2 is 2.05 bits per heavy atom. The maximum atomic E-state index is 10.2. The number of rotatable bonds is 6. The molecule has 9 nitrogen and oxygen atoms in total. The first-order valence-electron chi connectivity index (χ1n) is 5.92. The molecule has 10 heteroatoms. The molecule has 1 heterocycles. The number of carboxylic acid groups (broad SMARTS) is 2. The number of hydrogen-bond donors (Lipinski definition) is 6. The van der Waals surface area contributed by atoms with Gasteiger partial charge in [0.2, 0.25) is 0 Å². The number of nitrogens with one attached hydrogen (secondary N) is 1. The van der Waals surface area contributed by atoms with Crippen molar-refractivity contribution in [3.63, 3.8) is 0 Å². The molecule has 0 aromatic heterocycles. The van der Waals surface area contributed by atoms with Gasteiger partial charge in [0.15, 0.2) is 5.96 Å². The number of guanidine groups is 1. The molecule has 0 radical (unpaired) electrons. The molecular formula is C10H21N5O4S. The van der Waals surface area contributed by atoms with E-state index in [1.165, 1.54) is 0 Å². The topological polar surface area (TPSA) is 177 Å². The lowest BCUT2D eigenvalue weighted by Crippen LogP contribution is -2.32. The highest BCUT2D eigenvalue weighted by molar-refractivity contribution is 7.99. The summed E-state index contributed by atoms with van der Waals surface area (Å²) in [6, 6.07) is -1.13. The Morgan fingerprint density at radius 3 is 2.40 bits per heavy atom. The van der Waals surface area contributed by atoms with Gasteiger partial charge in [0.25, 0.3) is 0 Å². The van der Waals surface area contributed by atoms with Crippen LogP contribution >= 0.6 is 11.8 Å². The summed E-state index contributed by atoms with van der Waals surface area (Å²) >= 11 is 1.62. The predicted octanol–water partition coefficient (Wildman–Crippen LogP) is -1.81. The lowest BCUT2D eigenvalue weighted by Gasteiger charge is -2.03. The summed E-state index contributed by atoms with van der Waals surface area (Å²) in [4.78, 5) is 24.0. The Morgan fingerprint density at radius 1 is 1.40 bits per heavy atom. The third-order valence-corrected chi connectivity index (χ3v) is 3.24. The number of hydrogen-bond acceptors (Lipinski definition) is 6. The smallest absolute Gasteiger partial charge is 0.321 e. The highest BCUT2D eigenvalue weighted by atomic mass is 32.2. The van der Waals surface area contributed by atoms with Gasteiger partial charge in [-0.25, -0.2) is 0 Å². The van der Waals surface area contributed by atoms with Crippen LogP contribution in [-0.4, -0.2) is 58.4 Å². The molecule has 1 aliphatic heterocycles. The van der Waals surface area contributed by atoms with E-state index < -0.39 is 18.0 Å². The van der Waals surface area contributed by atoms with Crippen molar-refractivity contribution in [2.45, 2.75) is 24.9 Å². The Hall–Kier alpha value is -1.52. The van der Waals surface area contributed by atoms with Gasteiger partial charge in [0, 0.05) is 18.2 Å². The Balaban J connectivity index is 0.000000388. The van der Waals surface area contributed by atoms with E-state index in [-0.39, 0.29) is 12.0 Å². The van der Waals surface area contributed by atoms with E-state index in [2.05, 4.69) is 10.3 Å². The summed E-state index contributed by atoms with van der Waals surface area (Å²) in [5, 5.41) is 19.5. The summed E-state index contributed by atoms with van der Waals surface area (Å²) in [5.41, 5.74) is 15.3. The van der Waals surface area contributed by atoms with Crippen molar-refractivity contribution in [3.8, 4) is 0 Å². The summed E-state index contributed by atoms with van der Waals surface area (Å²) in [6.45, 7) is 0.420. The van der Waals surface area contributed by atoms with E-state index in [1.54, 1.807) is 11.8 Å². The highest BCUT2D eigenvalue weighted by Crippen LogP contribution is 2.08. The minimum absolute atomic E-state index is 0.0129. The van der Waals surface area contributed by atoms with Crippen molar-refractivity contribution in [2.24, 2.45) is 22.2 Å². The van der Waals surface area contributed by atoms with E-state index in [9.17, 15) is 9.59 Å². The van der Waals surface area contributed by atoms with Crippen LogP contribution in [0.4, 0.5) is 0 Å². The van der Waals surface area contributed by atoms with E-state index >= 15 is 0 Å². The van der Waals surface area contributed by atoms with Crippen LogP contribution < -0.4 is 22.5 Å². The van der Waals surface area contributed by atoms with Crippen LogP contribution in [-0.2, 0) is 9.59 Å². The first-order valence-corrected chi connectivity index (χ1v) is 7.07. The zero-order valence-corrected chi connectivity index (χ0v) is 11.8. The molecule has 0 bridgehead atoms. The van der Waals surface area contributed by atoms with Crippen LogP contribution in [0.1, 0.15) is 12.8 Å². The normalized spacial score (nSPS) is 18.6. The molecule has 116 valence electrons. The Bertz CT molecular complexity index is 343. The number of aliphatic imine (C=N–C) groups is 1. The minimum Gasteiger partial charge on any atom is -0.480 e. The molecule has 1 rings (SSSR count). The maximum absolute atomic E-state index is 10.2. The van der Waals surface area contributed by atoms with Gasteiger partial charge >= 0.3 is 11.9 Å². The molecule has 0 aliphatic carbocycles. The zero-order valence-electron chi connectivity index (χ0n) is 11.0. The zero-order chi connectivity index (χ0) is 15.5. The Kier molecular flexibility index (Phi) is 9.51. The average Bonchev–Trinajstić information content (AvgIpc) is 2.88. The number of thioether (sulfide) groups is 1. The first-order chi connectivity index (χ1) is 9.34. The van der Waals surface area contributed by atoms with Crippen LogP contribution in [0.2, 0.25) is 0 Å². The maximum Gasteiger partial charge on any atom is 0.321 e. The standard InChI is InChI=1S/C6H14N4O2.C4H7NO2S/c7-4(5(11)12)2-1-3-10-6(8)9;6-4(7)3-1-8-2-5-3/h4H,1-3,7H2,(H,11,12)(H4,8,9,10);3,5H,1-2H2,(H,6,7). The van der Waals surface area contributed by atoms with Gasteiger partial charge in [-0.15, -0.1) is 11.8 Å². The number of aliphatic carboxylic acids is 2. The van der Waals surface area contributed by atoms with Crippen molar-refractivity contribution in [2.75, 3.05) is 18.2 Å². The fourth-order valence-electron chi connectivity index (χ4n) is 1.20. The summed E-state index contributed by atoms with van der Waals surface area (Å²) < 4.78 is 0. The van der Waals surface area contributed by atoms with Gasteiger partial charge in [0.05, 0.1) is 0 Å². The first kappa shape index (κ1) is 18.5. The van der Waals surface area contributed by atoms with Crippen molar-refractivity contribution in [3.05, 3.63) is 0 Å². The summed E-state index contributed by atoms with van der Waals surface area (Å²) in [6.07, 6.45) is 0.956. The molecule has 0 amide bonds. The third kappa shape index (κ3) is 9.42. The van der Waals surface area contributed by atoms with Crippen LogP contribution in [0, 0.1) is 0 Å². The van der Waals surface area contributed by atoms with Gasteiger partial charge in [-0.3, -0.25) is 19.9 Å². The largest absolute Gasteiger partial charge is 0.480 e. The van der Waals surface area contributed by atoms with Crippen molar-refractivity contribution in [1.29, 1.82) is 0 Å². The van der Waals surface area contributed by atoms with Gasteiger partial charge in [-0.05, 0) is 12.8 Å². The fraction of sp³-hybridized carbons (Fsp3) is 0.700. The summed E-state index contributed by atoms with van der Waals surface area (Å²) in [7, 11) is 0. The number of carboxylic acids is 2. The molecular weight excluding hydrogens is 286 g/mol. The minimum atomic E-state index is -1.00. The van der Waals surface area contributed by atoms with Crippen molar-refractivity contribution >= 4 is 29.7 Å². The average molecular weight is 307 g/mol. The van der Waals surface area contributed by atoms with Crippen LogP contribution in [0.15, 0.2) is 4.99 Å². The fourth-order valence-corrected chi connectivity index (χ4v) is 2.13. The lowest BCUT2D eigenvalue weighted by atomic mass is 10.2. The molecule has 9 N–H and O–H groups in total. The van der Waals surface area contributed by atoms with Gasteiger partial charge < -0.3 is 27.4 Å². The van der Waals surface area contributed by atoms with E-state index in [4.69, 9.17) is 27.4 Å². The SMILES string of the molecule is NC(N)=NCCCC(N)C(=O)O.O=C(O)C1CSCN1.